The molecule has 3 N–H and O–H groups in total. The minimum absolute atomic E-state index is 0.434. The number of aliphatic hydroxyl groups excluding tert-OH is 1. The van der Waals surface area contributed by atoms with E-state index in [4.69, 9.17) is 0 Å². The van der Waals surface area contributed by atoms with E-state index in [2.05, 4.69) is 27.6 Å². The van der Waals surface area contributed by atoms with Gasteiger partial charge in [0.1, 0.15) is 12.0 Å². The fraction of sp³-hybridized carbons (Fsp3) is 0.529. The summed E-state index contributed by atoms with van der Waals surface area (Å²) in [5.74, 6) is 1.32. The summed E-state index contributed by atoms with van der Waals surface area (Å²) in [5, 5.41) is 22.6. The van der Waals surface area contributed by atoms with Crippen LogP contribution in [0.1, 0.15) is 30.5 Å². The number of fused-ring (bicyclic) bond motifs is 1. The van der Waals surface area contributed by atoms with Crippen molar-refractivity contribution in [1.82, 2.24) is 20.1 Å². The molecule has 0 saturated carbocycles. The van der Waals surface area contributed by atoms with Gasteiger partial charge in [-0.15, -0.1) is 11.3 Å². The lowest BCUT2D eigenvalue weighted by Crippen LogP contribution is -2.33. The molecule has 1 saturated heterocycles. The highest BCUT2D eigenvalue weighted by molar-refractivity contribution is 7.15. The number of allylic oxidation sites excluding steroid dienone is 1. The molecule has 1 fully saturated rings. The van der Waals surface area contributed by atoms with Crippen LogP contribution in [0, 0.1) is 12.8 Å². The van der Waals surface area contributed by atoms with Gasteiger partial charge >= 0.3 is 0 Å². The molecule has 0 bridgehead atoms. The average Bonchev–Trinajstić information content (AvgIpc) is 3.17. The highest BCUT2D eigenvalue weighted by atomic mass is 32.1. The number of aryl methyl sites for hydroxylation is 2. The maximum atomic E-state index is 10.3. The van der Waals surface area contributed by atoms with Crippen LogP contribution >= 0.6 is 11.3 Å². The predicted octanol–water partition coefficient (Wildman–Crippen LogP) is 2.46. The highest BCUT2D eigenvalue weighted by Crippen LogP contribution is 2.40. The smallest absolute Gasteiger partial charge is 0.147 e. The van der Waals surface area contributed by atoms with E-state index in [1.807, 2.05) is 23.9 Å². The molecule has 4 rings (SSSR count). The molecule has 0 radical (unpaired) electrons. The van der Waals surface area contributed by atoms with Gasteiger partial charge in [-0.1, -0.05) is 6.92 Å². The number of hydrogen-bond acceptors (Lipinski definition) is 6. The van der Waals surface area contributed by atoms with Crippen molar-refractivity contribution in [2.24, 2.45) is 5.92 Å². The summed E-state index contributed by atoms with van der Waals surface area (Å²) in [7, 11) is 0. The monoisotopic (exact) mass is 345 g/mol. The van der Waals surface area contributed by atoms with Crippen molar-refractivity contribution in [3.05, 3.63) is 23.0 Å². The minimum Gasteiger partial charge on any atom is -0.370 e. The lowest BCUT2D eigenvalue weighted by Gasteiger charge is -2.30. The van der Waals surface area contributed by atoms with Crippen molar-refractivity contribution >= 4 is 22.9 Å². The van der Waals surface area contributed by atoms with Crippen molar-refractivity contribution in [2.75, 3.05) is 18.4 Å². The number of anilines is 1. The van der Waals surface area contributed by atoms with Gasteiger partial charge in [-0.05, 0) is 45.4 Å². The molecular formula is C17H23N5OS. The van der Waals surface area contributed by atoms with Crippen molar-refractivity contribution in [2.45, 2.75) is 39.3 Å². The maximum absolute atomic E-state index is 10.3. The van der Waals surface area contributed by atoms with E-state index < -0.39 is 6.23 Å². The van der Waals surface area contributed by atoms with E-state index in [0.29, 0.717) is 5.92 Å². The van der Waals surface area contributed by atoms with Gasteiger partial charge in [0.05, 0.1) is 27.3 Å². The molecule has 0 aromatic carbocycles. The van der Waals surface area contributed by atoms with Gasteiger partial charge in [0.2, 0.25) is 0 Å². The highest BCUT2D eigenvalue weighted by Gasteiger charge is 2.29. The molecule has 128 valence electrons. The molecule has 24 heavy (non-hydrogen) atoms. The molecule has 4 heterocycles. The Kier molecular flexibility index (Phi) is 4.15. The van der Waals surface area contributed by atoms with Crippen LogP contribution in [0.2, 0.25) is 0 Å². The fourth-order valence-corrected chi connectivity index (χ4v) is 4.56. The number of rotatable bonds is 3. The Morgan fingerprint density at radius 2 is 2.17 bits per heavy atom. The lowest BCUT2D eigenvalue weighted by molar-refractivity contribution is 0.247. The SMILES string of the molecule is CCc1nc(C)c(-c2cnn3c2NC(O)C=C3C2CCNCC2)s1. The first-order valence-corrected chi connectivity index (χ1v) is 9.41. The Hall–Kier alpha value is -1.70. The van der Waals surface area contributed by atoms with Crippen LogP contribution in [0.25, 0.3) is 16.1 Å². The fourth-order valence-electron chi connectivity index (χ4n) is 3.54. The van der Waals surface area contributed by atoms with E-state index in [9.17, 15) is 5.11 Å². The second-order valence-corrected chi connectivity index (χ2v) is 7.48. The molecule has 1 unspecified atom stereocenters. The molecule has 0 aliphatic carbocycles. The largest absolute Gasteiger partial charge is 0.370 e. The van der Waals surface area contributed by atoms with Gasteiger partial charge < -0.3 is 15.7 Å². The predicted molar refractivity (Wildman–Crippen MR) is 96.9 cm³/mol. The number of nitrogens with zero attached hydrogens (tertiary/aromatic N) is 3. The Balaban J connectivity index is 1.75. The van der Waals surface area contributed by atoms with Crippen LogP contribution in [-0.4, -0.2) is 39.2 Å². The van der Waals surface area contributed by atoms with Crippen molar-refractivity contribution < 1.29 is 5.11 Å². The first-order valence-electron chi connectivity index (χ1n) is 8.59. The summed E-state index contributed by atoms with van der Waals surface area (Å²) < 4.78 is 1.98. The summed E-state index contributed by atoms with van der Waals surface area (Å²) in [6.45, 7) is 6.19. The van der Waals surface area contributed by atoms with Crippen LogP contribution in [0.5, 0.6) is 0 Å². The number of aliphatic hydroxyl groups is 1. The van der Waals surface area contributed by atoms with Crippen LogP contribution in [0.15, 0.2) is 12.3 Å². The number of aromatic nitrogens is 3. The molecule has 1 atom stereocenters. The van der Waals surface area contributed by atoms with Crippen molar-refractivity contribution in [1.29, 1.82) is 0 Å². The second-order valence-electron chi connectivity index (χ2n) is 6.40. The number of nitrogens with one attached hydrogen (secondary N) is 2. The molecule has 2 aromatic rings. The van der Waals surface area contributed by atoms with Crippen LogP contribution < -0.4 is 10.6 Å². The van der Waals surface area contributed by atoms with Gasteiger partial charge in [-0.3, -0.25) is 0 Å². The molecule has 0 amide bonds. The maximum Gasteiger partial charge on any atom is 0.147 e. The molecule has 2 aliphatic rings. The summed E-state index contributed by atoms with van der Waals surface area (Å²) in [6, 6.07) is 0. The molecule has 6 nitrogen and oxygen atoms in total. The van der Waals surface area contributed by atoms with Gasteiger partial charge in [0, 0.05) is 11.6 Å². The molecule has 2 aliphatic heterocycles. The van der Waals surface area contributed by atoms with Crippen LogP contribution in [0.4, 0.5) is 5.82 Å². The van der Waals surface area contributed by atoms with E-state index in [0.717, 1.165) is 65.0 Å². The Morgan fingerprint density at radius 3 is 2.88 bits per heavy atom. The first kappa shape index (κ1) is 15.8. The summed E-state index contributed by atoms with van der Waals surface area (Å²) in [6.07, 6.45) is 6.22. The summed E-state index contributed by atoms with van der Waals surface area (Å²) >= 11 is 1.71. The topological polar surface area (TPSA) is 75.0 Å². The van der Waals surface area contributed by atoms with E-state index in [1.165, 1.54) is 0 Å². The quantitative estimate of drug-likeness (QED) is 0.797. The first-order chi connectivity index (χ1) is 11.7. The summed E-state index contributed by atoms with van der Waals surface area (Å²) in [5.41, 5.74) is 3.17. The van der Waals surface area contributed by atoms with E-state index in [1.54, 1.807) is 11.3 Å². The van der Waals surface area contributed by atoms with Gasteiger partial charge in [0.25, 0.3) is 0 Å². The normalized spacial score (nSPS) is 21.3. The zero-order chi connectivity index (χ0) is 16.7. The van der Waals surface area contributed by atoms with Crippen molar-refractivity contribution in [3.8, 4) is 10.4 Å². The number of hydrogen-bond donors (Lipinski definition) is 3. The molecular weight excluding hydrogens is 322 g/mol. The average molecular weight is 345 g/mol. The van der Waals surface area contributed by atoms with E-state index >= 15 is 0 Å². The number of piperidine rings is 1. The standard InChI is InChI=1S/C17H23N5OS/c1-3-15-20-10(2)16(24-15)12-9-19-22-13(8-14(23)21-17(12)22)11-4-6-18-7-5-11/h8-9,11,14,18,21,23H,3-7H2,1-2H3. The van der Waals surface area contributed by atoms with Crippen molar-refractivity contribution in [3.63, 3.8) is 0 Å². The van der Waals surface area contributed by atoms with Gasteiger partial charge in [0.15, 0.2) is 0 Å². The third-order valence-electron chi connectivity index (χ3n) is 4.77. The van der Waals surface area contributed by atoms with Gasteiger partial charge in [-0.25, -0.2) is 9.67 Å². The van der Waals surface area contributed by atoms with Gasteiger partial charge in [-0.2, -0.15) is 5.10 Å². The molecule has 0 spiro atoms. The van der Waals surface area contributed by atoms with Crippen LogP contribution in [0.3, 0.4) is 0 Å². The summed E-state index contributed by atoms with van der Waals surface area (Å²) in [4.78, 5) is 5.77. The zero-order valence-corrected chi connectivity index (χ0v) is 14.9. The molecule has 7 heteroatoms. The zero-order valence-electron chi connectivity index (χ0n) is 14.0. The Bertz CT molecular complexity index is 772. The number of thiazole rings is 1. The third-order valence-corrected chi connectivity index (χ3v) is 6.11. The van der Waals surface area contributed by atoms with E-state index in [-0.39, 0.29) is 0 Å². The molecule has 2 aromatic heterocycles. The third kappa shape index (κ3) is 2.66. The second kappa shape index (κ2) is 6.31. The Morgan fingerprint density at radius 1 is 1.38 bits per heavy atom. The minimum atomic E-state index is -0.670. The Labute approximate surface area is 145 Å². The lowest BCUT2D eigenvalue weighted by atomic mass is 9.93. The van der Waals surface area contributed by atoms with Crippen LogP contribution in [-0.2, 0) is 6.42 Å².